The lowest BCUT2D eigenvalue weighted by Gasteiger charge is -2.31. The average molecular weight is 325 g/mol. The van der Waals surface area contributed by atoms with Gasteiger partial charge in [0, 0.05) is 6.92 Å². The molecule has 115 valence electrons. The smallest absolute Gasteiger partial charge is 0.367 e. The fourth-order valence-electron chi connectivity index (χ4n) is 0.806. The van der Waals surface area contributed by atoms with E-state index in [9.17, 15) is 14.2 Å². The monoisotopic (exact) mass is 325 g/mol. The SMILES string of the molecule is [CH2]C(O)(P(=O)(OOC)OOC)P(=O)(OOC)OOC. The molecule has 0 aromatic rings. The molecule has 19 heavy (non-hydrogen) atoms. The van der Waals surface area contributed by atoms with E-state index in [0.29, 0.717) is 0 Å². The molecule has 0 atom stereocenters. The van der Waals surface area contributed by atoms with Gasteiger partial charge < -0.3 is 5.11 Å². The minimum Gasteiger partial charge on any atom is -0.367 e. The normalized spacial score (nSPS) is 13.8. The molecule has 0 aromatic heterocycles. The second-order valence-corrected chi connectivity index (χ2v) is 7.15. The molecule has 1 radical (unpaired) electrons. The molecule has 0 heterocycles. The van der Waals surface area contributed by atoms with E-state index in [1.165, 1.54) is 0 Å². The molecule has 0 saturated heterocycles. The van der Waals surface area contributed by atoms with E-state index in [4.69, 9.17) is 0 Å². The third-order valence-electron chi connectivity index (χ3n) is 1.57. The molecule has 0 spiro atoms. The van der Waals surface area contributed by atoms with Gasteiger partial charge in [-0.3, -0.25) is 9.13 Å². The molecule has 11 nitrogen and oxygen atoms in total. The van der Waals surface area contributed by atoms with Crippen molar-refractivity contribution in [1.82, 2.24) is 0 Å². The zero-order valence-corrected chi connectivity index (χ0v) is 12.4. The van der Waals surface area contributed by atoms with Crippen LogP contribution in [0.1, 0.15) is 0 Å². The topological polar surface area (TPSA) is 128 Å². The van der Waals surface area contributed by atoms with E-state index in [1.807, 2.05) is 0 Å². The first-order chi connectivity index (χ1) is 8.74. The van der Waals surface area contributed by atoms with E-state index >= 15 is 0 Å². The Hall–Kier alpha value is 0.1000. The predicted octanol–water partition coefficient (Wildman–Crippen LogP) is 1.16. The summed E-state index contributed by atoms with van der Waals surface area (Å²) in [4.78, 5) is 16.5. The summed E-state index contributed by atoms with van der Waals surface area (Å²) in [5.41, 5.74) is 0. The van der Waals surface area contributed by atoms with Crippen LogP contribution in [-0.4, -0.2) is 38.6 Å². The molecule has 0 saturated carbocycles. The summed E-state index contributed by atoms with van der Waals surface area (Å²) in [7, 11) is -5.77. The molecule has 1 N–H and O–H groups in total. The third-order valence-corrected chi connectivity index (χ3v) is 6.17. The summed E-state index contributed by atoms with van der Waals surface area (Å²) in [5, 5.41) is 6.91. The van der Waals surface area contributed by atoms with Gasteiger partial charge in [0.25, 0.3) is 5.08 Å². The summed E-state index contributed by atoms with van der Waals surface area (Å²) in [6.45, 7) is 3.00. The van der Waals surface area contributed by atoms with Gasteiger partial charge in [-0.25, -0.2) is 19.6 Å². The van der Waals surface area contributed by atoms with Crippen molar-refractivity contribution in [3.8, 4) is 0 Å². The Morgan fingerprint density at radius 2 is 1.00 bits per heavy atom. The van der Waals surface area contributed by atoms with E-state index in [2.05, 4.69) is 45.2 Å². The quantitative estimate of drug-likeness (QED) is 0.353. The van der Waals surface area contributed by atoms with Gasteiger partial charge in [-0.05, 0) is 0 Å². The fourth-order valence-corrected chi connectivity index (χ4v) is 3.72. The molecule has 0 fully saturated rings. The van der Waals surface area contributed by atoms with Gasteiger partial charge in [-0.1, -0.05) is 0 Å². The van der Waals surface area contributed by atoms with Crippen molar-refractivity contribution < 1.29 is 52.5 Å². The second kappa shape index (κ2) is 7.77. The van der Waals surface area contributed by atoms with Crippen molar-refractivity contribution in [2.75, 3.05) is 28.4 Å². The first-order valence-electron chi connectivity index (χ1n) is 4.42. The largest absolute Gasteiger partial charge is 0.428 e. The van der Waals surface area contributed by atoms with E-state index in [1.54, 1.807) is 0 Å². The molecular formula is C6H15O11P2. The molecule has 0 rings (SSSR count). The molecule has 0 aromatic carbocycles. The van der Waals surface area contributed by atoms with Crippen LogP contribution in [0.15, 0.2) is 0 Å². The van der Waals surface area contributed by atoms with Crippen molar-refractivity contribution in [2.24, 2.45) is 0 Å². The van der Waals surface area contributed by atoms with Gasteiger partial charge in [0.1, 0.15) is 0 Å². The minimum absolute atomic E-state index is 0.945. The molecule has 0 bridgehead atoms. The maximum absolute atomic E-state index is 12.2. The van der Waals surface area contributed by atoms with E-state index in [-0.39, 0.29) is 0 Å². The second-order valence-electron chi connectivity index (χ2n) is 2.73. The van der Waals surface area contributed by atoms with Gasteiger partial charge in [-0.15, -0.1) is 18.7 Å². The van der Waals surface area contributed by atoms with Crippen LogP contribution >= 0.6 is 15.2 Å². The van der Waals surface area contributed by atoms with Gasteiger partial charge in [0.05, 0.1) is 28.4 Å². The lowest BCUT2D eigenvalue weighted by Crippen LogP contribution is -2.29. The highest BCUT2D eigenvalue weighted by Crippen LogP contribution is 2.76. The Bertz CT molecular complexity index is 303. The van der Waals surface area contributed by atoms with Gasteiger partial charge in [0.15, 0.2) is 0 Å². The molecule has 0 aliphatic carbocycles. The van der Waals surface area contributed by atoms with E-state index < -0.39 is 20.3 Å². The molecule has 0 aliphatic heterocycles. The Balaban J connectivity index is 5.59. The molecular weight excluding hydrogens is 310 g/mol. The Kier molecular flexibility index (Phi) is 7.81. The lowest BCUT2D eigenvalue weighted by atomic mass is 10.9. The molecule has 0 aliphatic rings. The predicted molar refractivity (Wildman–Crippen MR) is 57.9 cm³/mol. The molecule has 0 unspecified atom stereocenters. The summed E-state index contributed by atoms with van der Waals surface area (Å²) in [5.74, 6) is 0. The number of hydrogen-bond acceptors (Lipinski definition) is 11. The van der Waals surface area contributed by atoms with Crippen LogP contribution in [0.2, 0.25) is 0 Å². The maximum Gasteiger partial charge on any atom is 0.428 e. The van der Waals surface area contributed by atoms with Crippen molar-refractivity contribution in [3.63, 3.8) is 0 Å². The Labute approximate surface area is 109 Å². The van der Waals surface area contributed by atoms with Crippen LogP contribution in [0.5, 0.6) is 0 Å². The highest BCUT2D eigenvalue weighted by atomic mass is 31.2. The van der Waals surface area contributed by atoms with Crippen molar-refractivity contribution in [1.29, 1.82) is 0 Å². The van der Waals surface area contributed by atoms with Crippen LogP contribution in [0.3, 0.4) is 0 Å². The van der Waals surface area contributed by atoms with Gasteiger partial charge in [-0.2, -0.15) is 0 Å². The number of aliphatic hydroxyl groups is 1. The summed E-state index contributed by atoms with van der Waals surface area (Å²) in [6.07, 6.45) is 0. The fraction of sp³-hybridized carbons (Fsp3) is 0.833. The van der Waals surface area contributed by atoms with Crippen LogP contribution in [0, 0.1) is 6.92 Å². The lowest BCUT2D eigenvalue weighted by molar-refractivity contribution is -0.261. The number of rotatable bonds is 10. The molecule has 13 heteroatoms. The van der Waals surface area contributed by atoms with Crippen LogP contribution in [0.25, 0.3) is 0 Å². The van der Waals surface area contributed by atoms with Crippen molar-refractivity contribution in [3.05, 3.63) is 6.92 Å². The van der Waals surface area contributed by atoms with Crippen molar-refractivity contribution >= 4 is 15.2 Å². The van der Waals surface area contributed by atoms with Crippen LogP contribution < -0.4 is 0 Å². The maximum atomic E-state index is 12.2. The molecule has 0 amide bonds. The summed E-state index contributed by atoms with van der Waals surface area (Å²) < 4.78 is 41.3. The average Bonchev–Trinajstić information content (AvgIpc) is 2.29. The first-order valence-corrected chi connectivity index (χ1v) is 7.50. The van der Waals surface area contributed by atoms with Crippen LogP contribution in [0.4, 0.5) is 0 Å². The third kappa shape index (κ3) is 4.03. The van der Waals surface area contributed by atoms with Gasteiger partial charge in [0.2, 0.25) is 0 Å². The highest BCUT2D eigenvalue weighted by molar-refractivity contribution is 7.73. The number of hydrogen-bond donors (Lipinski definition) is 1. The zero-order chi connectivity index (χ0) is 15.2. The van der Waals surface area contributed by atoms with Crippen LogP contribution in [-0.2, 0) is 47.4 Å². The zero-order valence-electron chi connectivity index (χ0n) is 10.6. The Morgan fingerprint density at radius 1 is 0.789 bits per heavy atom. The van der Waals surface area contributed by atoms with Crippen molar-refractivity contribution in [2.45, 2.75) is 5.08 Å². The summed E-state index contributed by atoms with van der Waals surface area (Å²) in [6, 6.07) is 0. The first kappa shape index (κ1) is 19.1. The highest BCUT2D eigenvalue weighted by Gasteiger charge is 2.65. The Morgan fingerprint density at radius 3 is 1.16 bits per heavy atom. The minimum atomic E-state index is -4.78. The summed E-state index contributed by atoms with van der Waals surface area (Å²) >= 11 is 0. The standard InChI is InChI=1S/C6H15O11P2/c1-6(7,18(8,14-10-2)15-11-3)19(9,16-12-4)17-13-5/h7H,1H2,2-5H3. The van der Waals surface area contributed by atoms with E-state index in [0.717, 1.165) is 28.4 Å². The van der Waals surface area contributed by atoms with Gasteiger partial charge >= 0.3 is 15.2 Å².